The van der Waals surface area contributed by atoms with Crippen molar-refractivity contribution in [2.45, 2.75) is 30.4 Å². The van der Waals surface area contributed by atoms with E-state index >= 15 is 0 Å². The van der Waals surface area contributed by atoms with Gasteiger partial charge in [-0.15, -0.1) is 11.8 Å². The van der Waals surface area contributed by atoms with Gasteiger partial charge in [-0.05, 0) is 23.1 Å². The molecule has 3 heteroatoms. The van der Waals surface area contributed by atoms with Gasteiger partial charge in [-0.3, -0.25) is 4.98 Å². The lowest BCUT2D eigenvalue weighted by Crippen LogP contribution is -1.95. The Morgan fingerprint density at radius 2 is 2.00 bits per heavy atom. The lowest BCUT2D eigenvalue weighted by molar-refractivity contribution is 0.855. The van der Waals surface area contributed by atoms with Gasteiger partial charge in [0.05, 0.1) is 0 Å². The third-order valence-corrected chi connectivity index (χ3v) is 3.98. The van der Waals surface area contributed by atoms with E-state index < -0.39 is 0 Å². The van der Waals surface area contributed by atoms with Crippen molar-refractivity contribution in [1.82, 2.24) is 4.98 Å². The van der Waals surface area contributed by atoms with Gasteiger partial charge >= 0.3 is 0 Å². The second-order valence-electron chi connectivity index (χ2n) is 4.56. The summed E-state index contributed by atoms with van der Waals surface area (Å²) in [4.78, 5) is 5.17. The van der Waals surface area contributed by atoms with Gasteiger partial charge in [0, 0.05) is 28.7 Å². The number of pyridine rings is 1. The number of benzene rings is 1. The maximum Gasteiger partial charge on any atom is 0.0489 e. The molecule has 2 N–H and O–H groups in total. The van der Waals surface area contributed by atoms with E-state index in [1.54, 1.807) is 18.0 Å². The predicted octanol–water partition coefficient (Wildman–Crippen LogP) is 4.08. The van der Waals surface area contributed by atoms with Crippen molar-refractivity contribution in [3.05, 3.63) is 53.9 Å². The van der Waals surface area contributed by atoms with Crippen LogP contribution in [0.2, 0.25) is 0 Å². The van der Waals surface area contributed by atoms with Gasteiger partial charge in [0.2, 0.25) is 0 Å². The minimum absolute atomic E-state index is 0.549. The highest BCUT2D eigenvalue weighted by atomic mass is 32.2. The van der Waals surface area contributed by atoms with Crippen LogP contribution in [0, 0.1) is 0 Å². The molecule has 0 unspecified atom stereocenters. The number of rotatable bonds is 4. The molecule has 0 aliphatic heterocycles. The molecule has 18 heavy (non-hydrogen) atoms. The highest BCUT2D eigenvalue weighted by Gasteiger charge is 2.07. The smallest absolute Gasteiger partial charge is 0.0489 e. The van der Waals surface area contributed by atoms with E-state index in [4.69, 9.17) is 5.73 Å². The Morgan fingerprint density at radius 3 is 2.72 bits per heavy atom. The molecule has 94 valence electrons. The Hall–Kier alpha value is -1.48. The fraction of sp³-hybridized carbons (Fsp3) is 0.267. The van der Waals surface area contributed by atoms with Gasteiger partial charge in [0.1, 0.15) is 0 Å². The zero-order valence-corrected chi connectivity index (χ0v) is 11.6. The lowest BCUT2D eigenvalue weighted by Gasteiger charge is -2.12. The van der Waals surface area contributed by atoms with E-state index in [2.05, 4.69) is 43.1 Å². The molecule has 0 saturated heterocycles. The summed E-state index contributed by atoms with van der Waals surface area (Å²) in [7, 11) is 0. The molecule has 0 bridgehead atoms. The average molecular weight is 258 g/mol. The van der Waals surface area contributed by atoms with Gasteiger partial charge in [0.15, 0.2) is 0 Å². The largest absolute Gasteiger partial charge is 0.398 e. The van der Waals surface area contributed by atoms with E-state index in [9.17, 15) is 0 Å². The maximum atomic E-state index is 5.92. The van der Waals surface area contributed by atoms with Crippen LogP contribution in [-0.4, -0.2) is 4.98 Å². The molecule has 0 saturated carbocycles. The molecule has 2 rings (SSSR count). The van der Waals surface area contributed by atoms with Crippen LogP contribution in [0.4, 0.5) is 5.69 Å². The highest BCUT2D eigenvalue weighted by molar-refractivity contribution is 7.98. The number of nitrogens with zero attached hydrogens (tertiary/aromatic N) is 1. The molecule has 0 fully saturated rings. The summed E-state index contributed by atoms with van der Waals surface area (Å²) in [5.41, 5.74) is 9.51. The standard InChI is InChI=1S/C15H18N2S/c1-11(2)13-6-4-3-5-12(13)10-18-15-9-17-8-7-14(15)16/h3-9,11H,10H2,1-2H3,(H2,16,17). The molecule has 2 nitrogen and oxygen atoms in total. The summed E-state index contributed by atoms with van der Waals surface area (Å²) in [6.45, 7) is 4.45. The summed E-state index contributed by atoms with van der Waals surface area (Å²) in [6.07, 6.45) is 3.56. The first kappa shape index (κ1) is 13.0. The molecule has 0 amide bonds. The van der Waals surface area contributed by atoms with Crippen LogP contribution < -0.4 is 5.73 Å². The Bertz CT molecular complexity index is 523. The zero-order valence-electron chi connectivity index (χ0n) is 10.8. The molecule has 0 spiro atoms. The predicted molar refractivity (Wildman–Crippen MR) is 78.7 cm³/mol. The third kappa shape index (κ3) is 3.05. The number of aromatic nitrogens is 1. The first-order chi connectivity index (χ1) is 8.68. The van der Waals surface area contributed by atoms with Gasteiger partial charge in [-0.25, -0.2) is 0 Å². The maximum absolute atomic E-state index is 5.92. The lowest BCUT2D eigenvalue weighted by atomic mass is 9.98. The number of nitrogen functional groups attached to an aromatic ring is 1. The van der Waals surface area contributed by atoms with Crippen LogP contribution in [-0.2, 0) is 5.75 Å². The molecule has 0 radical (unpaired) electrons. The quantitative estimate of drug-likeness (QED) is 0.840. The number of thioether (sulfide) groups is 1. The molecule has 0 atom stereocenters. The zero-order chi connectivity index (χ0) is 13.0. The number of nitrogens with two attached hydrogens (primary N) is 1. The SMILES string of the molecule is CC(C)c1ccccc1CSc1cnccc1N. The molecule has 0 aliphatic carbocycles. The topological polar surface area (TPSA) is 38.9 Å². The van der Waals surface area contributed by atoms with Crippen LogP contribution in [0.5, 0.6) is 0 Å². The van der Waals surface area contributed by atoms with Crippen molar-refractivity contribution in [2.75, 3.05) is 5.73 Å². The van der Waals surface area contributed by atoms with Crippen LogP contribution >= 0.6 is 11.8 Å². The summed E-state index contributed by atoms with van der Waals surface area (Å²) < 4.78 is 0. The first-order valence-corrected chi connectivity index (χ1v) is 7.07. The van der Waals surface area contributed by atoms with Crippen molar-refractivity contribution in [3.63, 3.8) is 0 Å². The molecule has 1 aromatic carbocycles. The third-order valence-electron chi connectivity index (χ3n) is 2.88. The fourth-order valence-corrected chi connectivity index (χ4v) is 2.84. The normalized spacial score (nSPS) is 10.8. The van der Waals surface area contributed by atoms with Gasteiger partial charge < -0.3 is 5.73 Å². The van der Waals surface area contributed by atoms with Gasteiger partial charge in [-0.1, -0.05) is 38.1 Å². The van der Waals surface area contributed by atoms with Crippen LogP contribution in [0.3, 0.4) is 0 Å². The molecule has 1 heterocycles. The summed E-state index contributed by atoms with van der Waals surface area (Å²) in [5, 5.41) is 0. The fourth-order valence-electron chi connectivity index (χ4n) is 1.90. The molecule has 2 aromatic rings. The van der Waals surface area contributed by atoms with Crippen molar-refractivity contribution in [1.29, 1.82) is 0 Å². The minimum atomic E-state index is 0.549. The number of hydrogen-bond donors (Lipinski definition) is 1. The van der Waals surface area contributed by atoms with E-state index in [-0.39, 0.29) is 0 Å². The van der Waals surface area contributed by atoms with Gasteiger partial charge in [0.25, 0.3) is 0 Å². The highest BCUT2D eigenvalue weighted by Crippen LogP contribution is 2.30. The van der Waals surface area contributed by atoms with E-state index in [0.717, 1.165) is 16.3 Å². The summed E-state index contributed by atoms with van der Waals surface area (Å²) in [6, 6.07) is 10.4. The molecule has 0 aliphatic rings. The molecular weight excluding hydrogens is 240 g/mol. The summed E-state index contributed by atoms with van der Waals surface area (Å²) >= 11 is 1.74. The number of hydrogen-bond acceptors (Lipinski definition) is 3. The van der Waals surface area contributed by atoms with Crippen molar-refractivity contribution < 1.29 is 0 Å². The summed E-state index contributed by atoms with van der Waals surface area (Å²) in [5.74, 6) is 1.48. The average Bonchev–Trinajstić information content (AvgIpc) is 2.38. The van der Waals surface area contributed by atoms with Crippen molar-refractivity contribution >= 4 is 17.4 Å². The second kappa shape index (κ2) is 5.91. The van der Waals surface area contributed by atoms with E-state index in [1.165, 1.54) is 11.1 Å². The van der Waals surface area contributed by atoms with Crippen LogP contribution in [0.15, 0.2) is 47.6 Å². The van der Waals surface area contributed by atoms with Gasteiger partial charge in [-0.2, -0.15) is 0 Å². The Kier molecular flexibility index (Phi) is 4.26. The first-order valence-electron chi connectivity index (χ1n) is 6.08. The molecule has 1 aromatic heterocycles. The van der Waals surface area contributed by atoms with E-state index in [1.807, 2.05) is 12.3 Å². The second-order valence-corrected chi connectivity index (χ2v) is 5.57. The van der Waals surface area contributed by atoms with E-state index in [0.29, 0.717) is 5.92 Å². The van der Waals surface area contributed by atoms with Crippen molar-refractivity contribution in [3.8, 4) is 0 Å². The Labute approximate surface area is 113 Å². The number of anilines is 1. The van der Waals surface area contributed by atoms with Crippen LogP contribution in [0.25, 0.3) is 0 Å². The van der Waals surface area contributed by atoms with Crippen LogP contribution in [0.1, 0.15) is 30.9 Å². The Balaban J connectivity index is 2.14. The monoisotopic (exact) mass is 258 g/mol. The molecular formula is C15H18N2S. The van der Waals surface area contributed by atoms with Crippen molar-refractivity contribution in [2.24, 2.45) is 0 Å². The Morgan fingerprint density at radius 1 is 1.22 bits per heavy atom. The minimum Gasteiger partial charge on any atom is -0.398 e.